The molecule has 0 bridgehead atoms. The zero-order valence-electron chi connectivity index (χ0n) is 25.6. The SMILES string of the molecule is CCNC(=O)[C@H](Cc1ccccc1)N(Cc1ccccc1C)C(=O)CN(c1ccccc1OCC)S(=O)(=O)c1ccc(Cl)cc1. The van der Waals surface area contributed by atoms with Gasteiger partial charge in [0.2, 0.25) is 11.8 Å². The first-order valence-corrected chi connectivity index (χ1v) is 16.6. The molecule has 10 heteroatoms. The van der Waals surface area contributed by atoms with Crippen molar-refractivity contribution in [3.63, 3.8) is 0 Å². The fraction of sp³-hybridized carbons (Fsp3) is 0.257. The van der Waals surface area contributed by atoms with E-state index in [0.29, 0.717) is 17.3 Å². The van der Waals surface area contributed by atoms with E-state index < -0.39 is 28.5 Å². The van der Waals surface area contributed by atoms with Gasteiger partial charge in [-0.05, 0) is 73.9 Å². The number of hydrogen-bond donors (Lipinski definition) is 1. The number of para-hydroxylation sites is 2. The third-order valence-corrected chi connectivity index (χ3v) is 9.36. The number of carbonyl (C=O) groups excluding carboxylic acids is 2. The van der Waals surface area contributed by atoms with Crippen LogP contribution >= 0.6 is 11.6 Å². The Morgan fingerprint density at radius 2 is 1.51 bits per heavy atom. The predicted molar refractivity (Wildman–Crippen MR) is 178 cm³/mol. The average molecular weight is 648 g/mol. The van der Waals surface area contributed by atoms with Gasteiger partial charge in [-0.25, -0.2) is 8.42 Å². The lowest BCUT2D eigenvalue weighted by Gasteiger charge is -2.34. The number of sulfonamides is 1. The van der Waals surface area contributed by atoms with Gasteiger partial charge >= 0.3 is 0 Å². The molecule has 45 heavy (non-hydrogen) atoms. The van der Waals surface area contributed by atoms with Crippen LogP contribution in [0.1, 0.15) is 30.5 Å². The van der Waals surface area contributed by atoms with E-state index in [4.69, 9.17) is 16.3 Å². The summed E-state index contributed by atoms with van der Waals surface area (Å²) in [4.78, 5) is 29.6. The molecule has 4 aromatic carbocycles. The average Bonchev–Trinajstić information content (AvgIpc) is 3.03. The van der Waals surface area contributed by atoms with Crippen molar-refractivity contribution < 1.29 is 22.7 Å². The van der Waals surface area contributed by atoms with E-state index in [2.05, 4.69) is 5.32 Å². The lowest BCUT2D eigenvalue weighted by molar-refractivity contribution is -0.140. The topological polar surface area (TPSA) is 96.0 Å². The third kappa shape index (κ3) is 8.44. The quantitative estimate of drug-likeness (QED) is 0.181. The molecule has 0 unspecified atom stereocenters. The molecule has 236 valence electrons. The number of likely N-dealkylation sites (N-methyl/N-ethyl adjacent to an activating group) is 1. The van der Waals surface area contributed by atoms with Gasteiger partial charge in [-0.2, -0.15) is 0 Å². The van der Waals surface area contributed by atoms with E-state index >= 15 is 0 Å². The van der Waals surface area contributed by atoms with Gasteiger partial charge in [-0.15, -0.1) is 0 Å². The number of nitrogens with zero attached hydrogens (tertiary/aromatic N) is 2. The van der Waals surface area contributed by atoms with Crippen LogP contribution in [-0.4, -0.2) is 50.9 Å². The molecule has 1 atom stereocenters. The molecule has 0 spiro atoms. The highest BCUT2D eigenvalue weighted by Gasteiger charge is 2.35. The monoisotopic (exact) mass is 647 g/mol. The van der Waals surface area contributed by atoms with Gasteiger partial charge in [-0.3, -0.25) is 13.9 Å². The van der Waals surface area contributed by atoms with Crippen LogP contribution in [0.4, 0.5) is 5.69 Å². The van der Waals surface area contributed by atoms with Crippen LogP contribution in [0.3, 0.4) is 0 Å². The Labute approximate surface area is 270 Å². The molecule has 4 aromatic rings. The molecule has 0 aliphatic rings. The number of halogens is 1. The maximum absolute atomic E-state index is 14.6. The number of carbonyl (C=O) groups is 2. The van der Waals surface area contributed by atoms with Gasteiger partial charge < -0.3 is 15.0 Å². The summed E-state index contributed by atoms with van der Waals surface area (Å²) in [5.41, 5.74) is 2.85. The predicted octanol–water partition coefficient (Wildman–Crippen LogP) is 6.02. The summed E-state index contributed by atoms with van der Waals surface area (Å²) in [6.07, 6.45) is 0.240. The lowest BCUT2D eigenvalue weighted by Crippen LogP contribution is -2.53. The second-order valence-corrected chi connectivity index (χ2v) is 12.7. The fourth-order valence-corrected chi connectivity index (χ4v) is 6.56. The Hall–Kier alpha value is -4.34. The summed E-state index contributed by atoms with van der Waals surface area (Å²) in [5, 5.41) is 3.25. The number of amides is 2. The summed E-state index contributed by atoms with van der Waals surface area (Å²) < 4.78 is 35.3. The van der Waals surface area contributed by atoms with Crippen molar-refractivity contribution in [1.82, 2.24) is 10.2 Å². The first-order valence-electron chi connectivity index (χ1n) is 14.8. The normalized spacial score (nSPS) is 11.8. The summed E-state index contributed by atoms with van der Waals surface area (Å²) in [5.74, 6) is -0.570. The first-order chi connectivity index (χ1) is 21.6. The first kappa shape index (κ1) is 33.6. The van der Waals surface area contributed by atoms with Crippen LogP contribution in [0.2, 0.25) is 5.02 Å². The number of anilines is 1. The molecule has 0 fully saturated rings. The Balaban J connectivity index is 1.84. The summed E-state index contributed by atoms with van der Waals surface area (Å²) in [6.45, 7) is 5.73. The number of benzene rings is 4. The molecule has 1 N–H and O–H groups in total. The Morgan fingerprint density at radius 1 is 0.867 bits per heavy atom. The van der Waals surface area contributed by atoms with E-state index in [9.17, 15) is 18.0 Å². The van der Waals surface area contributed by atoms with Crippen molar-refractivity contribution in [3.8, 4) is 5.75 Å². The number of nitrogens with one attached hydrogen (secondary N) is 1. The minimum Gasteiger partial charge on any atom is -0.492 e. The maximum Gasteiger partial charge on any atom is 0.264 e. The maximum atomic E-state index is 14.6. The molecule has 4 rings (SSSR count). The van der Waals surface area contributed by atoms with Crippen molar-refractivity contribution in [2.24, 2.45) is 0 Å². The van der Waals surface area contributed by atoms with Crippen molar-refractivity contribution in [2.75, 3.05) is 24.0 Å². The number of ether oxygens (including phenoxy) is 1. The minimum absolute atomic E-state index is 0.0407. The molecule has 0 radical (unpaired) electrons. The summed E-state index contributed by atoms with van der Waals surface area (Å²) >= 11 is 6.07. The van der Waals surface area contributed by atoms with E-state index in [1.165, 1.54) is 29.2 Å². The molecule has 0 aromatic heterocycles. The standard InChI is InChI=1S/C35H38ClN3O5S/c1-4-37-35(41)32(23-27-14-7-6-8-15-27)38(24-28-16-10-9-13-26(28)3)34(40)25-39(31-17-11-12-18-33(31)44-5-2)45(42,43)30-21-19-29(36)20-22-30/h6-22,32H,4-5,23-25H2,1-3H3,(H,37,41)/t32-/m0/s1. The van der Waals surface area contributed by atoms with Crippen molar-refractivity contribution in [3.05, 3.63) is 125 Å². The van der Waals surface area contributed by atoms with Crippen molar-refractivity contribution >= 4 is 39.1 Å². The van der Waals surface area contributed by atoms with Crippen LogP contribution in [0.15, 0.2) is 108 Å². The van der Waals surface area contributed by atoms with Gasteiger partial charge in [0, 0.05) is 24.5 Å². The van der Waals surface area contributed by atoms with Crippen LogP contribution in [0.5, 0.6) is 5.75 Å². The van der Waals surface area contributed by atoms with Crippen LogP contribution < -0.4 is 14.4 Å². The second-order valence-electron chi connectivity index (χ2n) is 10.4. The Morgan fingerprint density at radius 3 is 2.18 bits per heavy atom. The summed E-state index contributed by atoms with van der Waals surface area (Å²) in [7, 11) is -4.29. The smallest absolute Gasteiger partial charge is 0.264 e. The zero-order chi connectivity index (χ0) is 32.4. The summed E-state index contributed by atoms with van der Waals surface area (Å²) in [6, 6.07) is 28.6. The molecular weight excluding hydrogens is 610 g/mol. The van der Waals surface area contributed by atoms with Gasteiger partial charge in [-0.1, -0.05) is 78.3 Å². The van der Waals surface area contributed by atoms with Gasteiger partial charge in [0.1, 0.15) is 18.3 Å². The molecular formula is C35H38ClN3O5S. The van der Waals surface area contributed by atoms with Crippen LogP contribution in [0.25, 0.3) is 0 Å². The molecule has 0 aliphatic heterocycles. The molecule has 0 heterocycles. The fourth-order valence-electron chi connectivity index (χ4n) is 5.00. The number of rotatable bonds is 14. The molecule has 0 saturated carbocycles. The van der Waals surface area contributed by atoms with E-state index in [-0.39, 0.29) is 36.1 Å². The van der Waals surface area contributed by atoms with Gasteiger partial charge in [0.05, 0.1) is 17.2 Å². The van der Waals surface area contributed by atoms with Gasteiger partial charge in [0.25, 0.3) is 10.0 Å². The van der Waals surface area contributed by atoms with Crippen molar-refractivity contribution in [2.45, 2.75) is 44.7 Å². The van der Waals surface area contributed by atoms with E-state index in [1.807, 2.05) is 68.4 Å². The largest absolute Gasteiger partial charge is 0.492 e. The lowest BCUT2D eigenvalue weighted by atomic mass is 10.0. The molecule has 0 saturated heterocycles. The molecule has 2 amide bonds. The highest BCUT2D eigenvalue weighted by atomic mass is 35.5. The Kier molecular flexibility index (Phi) is 11.6. The molecule has 0 aliphatic carbocycles. The number of hydrogen-bond acceptors (Lipinski definition) is 5. The highest BCUT2D eigenvalue weighted by Crippen LogP contribution is 2.33. The van der Waals surface area contributed by atoms with E-state index in [0.717, 1.165) is 21.0 Å². The van der Waals surface area contributed by atoms with Crippen LogP contribution in [-0.2, 0) is 32.6 Å². The van der Waals surface area contributed by atoms with E-state index in [1.54, 1.807) is 31.2 Å². The number of aryl methyl sites for hydroxylation is 1. The highest BCUT2D eigenvalue weighted by molar-refractivity contribution is 7.92. The zero-order valence-corrected chi connectivity index (χ0v) is 27.2. The third-order valence-electron chi connectivity index (χ3n) is 7.34. The van der Waals surface area contributed by atoms with Gasteiger partial charge in [0.15, 0.2) is 0 Å². The second kappa shape index (κ2) is 15.6. The van der Waals surface area contributed by atoms with Crippen LogP contribution in [0, 0.1) is 6.92 Å². The minimum atomic E-state index is -4.29. The molecule has 8 nitrogen and oxygen atoms in total. The Bertz CT molecular complexity index is 1700. The van der Waals surface area contributed by atoms with Crippen molar-refractivity contribution in [1.29, 1.82) is 0 Å².